The number of anilines is 1. The van der Waals surface area contributed by atoms with Gasteiger partial charge >= 0.3 is 0 Å². The molecule has 218 valence electrons. The molecule has 1 aromatic heterocycles. The molecule has 0 spiro atoms. The molecule has 44 heavy (non-hydrogen) atoms. The van der Waals surface area contributed by atoms with Gasteiger partial charge in [-0.1, -0.05) is 121 Å². The third kappa shape index (κ3) is 7.29. The van der Waals surface area contributed by atoms with Gasteiger partial charge in [0, 0.05) is 42.7 Å². The summed E-state index contributed by atoms with van der Waals surface area (Å²) < 4.78 is 0. The number of nitrogens with one attached hydrogen (secondary N) is 1. The van der Waals surface area contributed by atoms with Gasteiger partial charge < -0.3 is 16.0 Å². The Kier molecular flexibility index (Phi) is 9.21. The molecule has 6 aromatic rings. The van der Waals surface area contributed by atoms with Gasteiger partial charge in [0.2, 0.25) is 0 Å². The van der Waals surface area contributed by atoms with Gasteiger partial charge in [0.15, 0.2) is 5.13 Å². The molecule has 1 heterocycles. The Morgan fingerprint density at radius 1 is 0.659 bits per heavy atom. The van der Waals surface area contributed by atoms with Gasteiger partial charge in [-0.05, 0) is 45.5 Å². The number of carbonyl (C=O) groups excluding carboxylic acids is 1. The second-order valence-electron chi connectivity index (χ2n) is 10.7. The highest BCUT2D eigenvalue weighted by Crippen LogP contribution is 2.31. The Bertz CT molecular complexity index is 1800. The van der Waals surface area contributed by atoms with Gasteiger partial charge in [0.1, 0.15) is 0 Å². The zero-order valence-corrected chi connectivity index (χ0v) is 25.2. The predicted octanol–water partition coefficient (Wildman–Crippen LogP) is 8.07. The Balaban J connectivity index is 1.16. The SMILES string of the molecule is NCc1cccc(CNC(=O)c2ccc(CN(Cc3ccccc3)c3nc(-c4ccc(-c5ccccc5)cc4)cs3)cc2)c1. The fourth-order valence-electron chi connectivity index (χ4n) is 5.13. The molecule has 6 rings (SSSR count). The molecule has 0 unspecified atom stereocenters. The zero-order chi connectivity index (χ0) is 30.1. The number of nitrogens with zero attached hydrogens (tertiary/aromatic N) is 2. The Morgan fingerprint density at radius 2 is 1.25 bits per heavy atom. The molecule has 1 amide bonds. The summed E-state index contributed by atoms with van der Waals surface area (Å²) in [5.41, 5.74) is 15.2. The fraction of sp³-hybridized carbons (Fsp3) is 0.105. The van der Waals surface area contributed by atoms with E-state index < -0.39 is 0 Å². The van der Waals surface area contributed by atoms with Crippen LogP contribution in [-0.2, 0) is 26.2 Å². The summed E-state index contributed by atoms with van der Waals surface area (Å²) >= 11 is 1.65. The normalized spacial score (nSPS) is 10.8. The Hall–Kier alpha value is -5.04. The lowest BCUT2D eigenvalue weighted by molar-refractivity contribution is 0.0951. The first-order valence-corrected chi connectivity index (χ1v) is 15.6. The lowest BCUT2D eigenvalue weighted by atomic mass is 10.0. The van der Waals surface area contributed by atoms with Crippen LogP contribution in [0.5, 0.6) is 0 Å². The van der Waals surface area contributed by atoms with Gasteiger partial charge in [0.05, 0.1) is 5.69 Å². The number of thiazole rings is 1. The van der Waals surface area contributed by atoms with E-state index in [0.717, 1.165) is 39.6 Å². The van der Waals surface area contributed by atoms with Crippen molar-refractivity contribution in [2.45, 2.75) is 26.2 Å². The molecule has 0 fully saturated rings. The molecule has 3 N–H and O–H groups in total. The van der Waals surface area contributed by atoms with Crippen LogP contribution in [0.2, 0.25) is 0 Å². The molecular formula is C38H34N4OS. The van der Waals surface area contributed by atoms with Gasteiger partial charge in [-0.15, -0.1) is 11.3 Å². The maximum Gasteiger partial charge on any atom is 0.251 e. The van der Waals surface area contributed by atoms with Crippen molar-refractivity contribution in [2.24, 2.45) is 5.73 Å². The number of hydrogen-bond acceptors (Lipinski definition) is 5. The van der Waals surface area contributed by atoms with Gasteiger partial charge in [-0.3, -0.25) is 4.79 Å². The minimum absolute atomic E-state index is 0.0984. The van der Waals surface area contributed by atoms with E-state index in [9.17, 15) is 4.79 Å². The topological polar surface area (TPSA) is 71.2 Å². The van der Waals surface area contributed by atoms with Crippen LogP contribution < -0.4 is 16.0 Å². The summed E-state index contributed by atoms with van der Waals surface area (Å²) in [6.07, 6.45) is 0. The summed E-state index contributed by atoms with van der Waals surface area (Å²) in [6, 6.07) is 45.2. The number of carbonyl (C=O) groups is 1. The highest BCUT2D eigenvalue weighted by molar-refractivity contribution is 7.14. The molecule has 0 atom stereocenters. The molecule has 5 nitrogen and oxygen atoms in total. The van der Waals surface area contributed by atoms with Crippen LogP contribution in [0.1, 0.15) is 32.6 Å². The Morgan fingerprint density at radius 3 is 1.95 bits per heavy atom. The monoisotopic (exact) mass is 594 g/mol. The number of hydrogen-bond donors (Lipinski definition) is 2. The summed E-state index contributed by atoms with van der Waals surface area (Å²) in [7, 11) is 0. The average molecular weight is 595 g/mol. The number of rotatable bonds is 11. The predicted molar refractivity (Wildman–Crippen MR) is 181 cm³/mol. The molecule has 6 heteroatoms. The Labute approximate surface area is 262 Å². The van der Waals surface area contributed by atoms with E-state index in [4.69, 9.17) is 10.7 Å². The van der Waals surface area contributed by atoms with Crippen molar-refractivity contribution < 1.29 is 4.79 Å². The van der Waals surface area contributed by atoms with Gasteiger partial charge in [0.25, 0.3) is 5.91 Å². The van der Waals surface area contributed by atoms with E-state index in [1.807, 2.05) is 60.7 Å². The molecule has 0 aliphatic carbocycles. The van der Waals surface area contributed by atoms with E-state index in [2.05, 4.69) is 88.4 Å². The van der Waals surface area contributed by atoms with Crippen molar-refractivity contribution in [3.05, 3.63) is 167 Å². The van der Waals surface area contributed by atoms with Crippen molar-refractivity contribution in [3.8, 4) is 22.4 Å². The second-order valence-corrected chi connectivity index (χ2v) is 11.5. The number of amides is 1. The molecule has 0 aliphatic heterocycles. The van der Waals surface area contributed by atoms with Crippen LogP contribution in [0.4, 0.5) is 5.13 Å². The van der Waals surface area contributed by atoms with Crippen LogP contribution >= 0.6 is 11.3 Å². The number of nitrogens with two attached hydrogens (primary N) is 1. The lowest BCUT2D eigenvalue weighted by Crippen LogP contribution is -2.23. The standard InChI is InChI=1S/C38H34N4OS/c39-23-30-10-7-11-31(22-30)24-40-37(43)35-16-14-29(15-17-35)26-42(25-28-8-3-1-4-9-28)38-41-36(27-44-38)34-20-18-33(19-21-34)32-12-5-2-6-13-32/h1-22,27H,23-26,39H2,(H,40,43). The molecule has 5 aromatic carbocycles. The number of aromatic nitrogens is 1. The third-order valence-corrected chi connectivity index (χ3v) is 8.44. The lowest BCUT2D eigenvalue weighted by Gasteiger charge is -2.22. The van der Waals surface area contributed by atoms with Crippen LogP contribution in [0.25, 0.3) is 22.4 Å². The summed E-state index contributed by atoms with van der Waals surface area (Å²) in [6.45, 7) is 2.34. The van der Waals surface area contributed by atoms with E-state index in [1.54, 1.807) is 11.3 Å². The quantitative estimate of drug-likeness (QED) is 0.159. The van der Waals surface area contributed by atoms with Gasteiger partial charge in [-0.25, -0.2) is 4.98 Å². The van der Waals surface area contributed by atoms with Crippen LogP contribution in [0, 0.1) is 0 Å². The van der Waals surface area contributed by atoms with Crippen LogP contribution in [0.15, 0.2) is 139 Å². The van der Waals surface area contributed by atoms with E-state index in [-0.39, 0.29) is 5.91 Å². The minimum Gasteiger partial charge on any atom is -0.348 e. The molecular weight excluding hydrogens is 561 g/mol. The average Bonchev–Trinajstić information content (AvgIpc) is 3.59. The van der Waals surface area contributed by atoms with E-state index >= 15 is 0 Å². The molecule has 0 aliphatic rings. The van der Waals surface area contributed by atoms with Crippen molar-refractivity contribution in [2.75, 3.05) is 4.90 Å². The fourth-order valence-corrected chi connectivity index (χ4v) is 5.97. The minimum atomic E-state index is -0.0984. The third-order valence-electron chi connectivity index (χ3n) is 7.54. The van der Waals surface area contributed by atoms with Gasteiger partial charge in [-0.2, -0.15) is 0 Å². The second kappa shape index (κ2) is 14.0. The molecule has 0 bridgehead atoms. The maximum atomic E-state index is 12.9. The first kappa shape index (κ1) is 29.1. The summed E-state index contributed by atoms with van der Waals surface area (Å²) in [4.78, 5) is 20.2. The van der Waals surface area contributed by atoms with Crippen molar-refractivity contribution in [1.29, 1.82) is 0 Å². The van der Waals surface area contributed by atoms with E-state index in [0.29, 0.717) is 25.2 Å². The highest BCUT2D eigenvalue weighted by atomic mass is 32.1. The van der Waals surface area contributed by atoms with Crippen molar-refractivity contribution in [3.63, 3.8) is 0 Å². The zero-order valence-electron chi connectivity index (χ0n) is 24.4. The van der Waals surface area contributed by atoms with Crippen molar-refractivity contribution >= 4 is 22.4 Å². The number of benzene rings is 5. The maximum absolute atomic E-state index is 12.9. The van der Waals surface area contributed by atoms with E-state index in [1.165, 1.54) is 16.7 Å². The smallest absolute Gasteiger partial charge is 0.251 e. The van der Waals surface area contributed by atoms with Crippen LogP contribution in [-0.4, -0.2) is 10.9 Å². The first-order valence-electron chi connectivity index (χ1n) is 14.7. The van der Waals surface area contributed by atoms with Crippen LogP contribution in [0.3, 0.4) is 0 Å². The highest BCUT2D eigenvalue weighted by Gasteiger charge is 2.15. The molecule has 0 radical (unpaired) electrons. The van der Waals surface area contributed by atoms with Crippen molar-refractivity contribution in [1.82, 2.24) is 10.3 Å². The molecule has 0 saturated carbocycles. The first-order chi connectivity index (χ1) is 21.6. The summed E-state index contributed by atoms with van der Waals surface area (Å²) in [5, 5.41) is 6.10. The molecule has 0 saturated heterocycles. The summed E-state index contributed by atoms with van der Waals surface area (Å²) in [5.74, 6) is -0.0984. The largest absolute Gasteiger partial charge is 0.348 e.